The maximum Gasteiger partial charge on any atom is 0.341 e. The third kappa shape index (κ3) is 4.96. The fourth-order valence-corrected chi connectivity index (χ4v) is 4.08. The number of benzene rings is 3. The molecule has 0 aliphatic carbocycles. The average Bonchev–Trinajstić information content (AvgIpc) is 2.87. The van der Waals surface area contributed by atoms with Crippen LogP contribution < -0.4 is 19.3 Å². The van der Waals surface area contributed by atoms with E-state index in [-0.39, 0.29) is 16.4 Å². The quantitative estimate of drug-likeness (QED) is 0.279. The molecule has 0 aromatic heterocycles. The van der Waals surface area contributed by atoms with E-state index in [1.807, 2.05) is 12.1 Å². The van der Waals surface area contributed by atoms with Crippen LogP contribution in [-0.2, 0) is 14.4 Å². The molecule has 0 unspecified atom stereocenters. The summed E-state index contributed by atoms with van der Waals surface area (Å²) in [6.45, 7) is 1.45. The molecule has 1 saturated heterocycles. The lowest BCUT2D eigenvalue weighted by molar-refractivity contribution is -0.139. The molecule has 3 aromatic rings. The van der Waals surface area contributed by atoms with Crippen LogP contribution in [0.5, 0.6) is 11.5 Å². The fourth-order valence-electron chi connectivity index (χ4n) is 3.70. The van der Waals surface area contributed by atoms with E-state index in [1.54, 1.807) is 73.7 Å². The van der Waals surface area contributed by atoms with E-state index in [0.29, 0.717) is 29.3 Å². The standard InChI is InChI=1S/C27H22N2O6S/c1-2-34-22-15-9-10-18(24(22)35-17-23(30)31)16-21-25(32)28(19-11-5-3-6-12-19)27(36)29(26(21)33)20-13-7-4-8-14-20/h3-16H,2,17H2,1H3,(H,30,31). The highest BCUT2D eigenvalue weighted by atomic mass is 32.1. The van der Waals surface area contributed by atoms with Crippen LogP contribution in [0.15, 0.2) is 84.4 Å². The zero-order valence-electron chi connectivity index (χ0n) is 19.3. The summed E-state index contributed by atoms with van der Waals surface area (Å²) in [6.07, 6.45) is 1.37. The van der Waals surface area contributed by atoms with E-state index < -0.39 is 24.4 Å². The smallest absolute Gasteiger partial charge is 0.341 e. The molecule has 0 bridgehead atoms. The Morgan fingerprint density at radius 2 is 1.42 bits per heavy atom. The largest absolute Gasteiger partial charge is 0.490 e. The molecule has 8 nitrogen and oxygen atoms in total. The predicted octanol–water partition coefficient (Wildman–Crippen LogP) is 4.30. The van der Waals surface area contributed by atoms with E-state index in [4.69, 9.17) is 26.8 Å². The Bertz CT molecular complexity index is 1280. The summed E-state index contributed by atoms with van der Waals surface area (Å²) in [4.78, 5) is 41.1. The number of thiocarbonyl (C=S) groups is 1. The van der Waals surface area contributed by atoms with Gasteiger partial charge in [0.2, 0.25) is 0 Å². The molecule has 36 heavy (non-hydrogen) atoms. The van der Waals surface area contributed by atoms with Crippen molar-refractivity contribution in [2.24, 2.45) is 0 Å². The molecule has 4 rings (SSSR count). The highest BCUT2D eigenvalue weighted by molar-refractivity contribution is 7.81. The van der Waals surface area contributed by atoms with Crippen molar-refractivity contribution in [2.45, 2.75) is 6.92 Å². The van der Waals surface area contributed by atoms with E-state index >= 15 is 0 Å². The Kier molecular flexibility index (Phi) is 7.41. The van der Waals surface area contributed by atoms with Gasteiger partial charge in [-0.1, -0.05) is 48.5 Å². The van der Waals surface area contributed by atoms with Crippen molar-refractivity contribution < 1.29 is 29.0 Å². The number of nitrogens with zero attached hydrogens (tertiary/aromatic N) is 2. The number of para-hydroxylation sites is 3. The number of carbonyl (C=O) groups excluding carboxylic acids is 2. The summed E-state index contributed by atoms with van der Waals surface area (Å²) >= 11 is 5.61. The number of ether oxygens (including phenoxy) is 2. The van der Waals surface area contributed by atoms with Crippen molar-refractivity contribution in [3.05, 3.63) is 90.0 Å². The molecule has 0 spiro atoms. The van der Waals surface area contributed by atoms with Crippen LogP contribution in [0.1, 0.15) is 12.5 Å². The first-order valence-corrected chi connectivity index (χ1v) is 11.5. The normalized spacial score (nSPS) is 13.6. The molecule has 1 fully saturated rings. The number of hydrogen-bond acceptors (Lipinski definition) is 6. The first kappa shape index (κ1) is 24.6. The number of rotatable bonds is 8. The van der Waals surface area contributed by atoms with Gasteiger partial charge in [-0.05, 0) is 55.5 Å². The molecule has 1 heterocycles. The lowest BCUT2D eigenvalue weighted by Crippen LogP contribution is -2.56. The second-order valence-electron chi connectivity index (χ2n) is 7.58. The minimum atomic E-state index is -1.18. The van der Waals surface area contributed by atoms with E-state index in [1.165, 1.54) is 15.9 Å². The van der Waals surface area contributed by atoms with E-state index in [0.717, 1.165) is 0 Å². The summed E-state index contributed by atoms with van der Waals surface area (Å²) < 4.78 is 11.1. The Morgan fingerprint density at radius 1 is 0.861 bits per heavy atom. The minimum Gasteiger partial charge on any atom is -0.490 e. The van der Waals surface area contributed by atoms with Gasteiger partial charge in [0, 0.05) is 5.56 Å². The third-order valence-corrected chi connectivity index (χ3v) is 5.59. The Labute approximate surface area is 213 Å². The molecule has 2 amide bonds. The second kappa shape index (κ2) is 10.8. The van der Waals surface area contributed by atoms with E-state index in [2.05, 4.69) is 0 Å². The molecule has 0 radical (unpaired) electrons. The number of carbonyl (C=O) groups is 3. The van der Waals surface area contributed by atoms with Crippen molar-refractivity contribution in [3.8, 4) is 11.5 Å². The van der Waals surface area contributed by atoms with Gasteiger partial charge in [-0.2, -0.15) is 0 Å². The molecule has 0 atom stereocenters. The molecule has 0 saturated carbocycles. The highest BCUT2D eigenvalue weighted by Crippen LogP contribution is 2.35. The molecule has 9 heteroatoms. The van der Waals surface area contributed by atoms with Gasteiger partial charge in [0.05, 0.1) is 18.0 Å². The van der Waals surface area contributed by atoms with E-state index in [9.17, 15) is 14.4 Å². The summed E-state index contributed by atoms with van der Waals surface area (Å²) in [6, 6.07) is 22.5. The van der Waals surface area contributed by atoms with Gasteiger partial charge in [-0.3, -0.25) is 19.4 Å². The average molecular weight is 503 g/mol. The first-order valence-electron chi connectivity index (χ1n) is 11.1. The highest BCUT2D eigenvalue weighted by Gasteiger charge is 2.41. The fraction of sp³-hybridized carbons (Fsp3) is 0.111. The van der Waals surface area contributed by atoms with Crippen molar-refractivity contribution in [1.29, 1.82) is 0 Å². The predicted molar refractivity (Wildman–Crippen MR) is 139 cm³/mol. The van der Waals surface area contributed by atoms with Gasteiger partial charge in [0.25, 0.3) is 11.8 Å². The second-order valence-corrected chi connectivity index (χ2v) is 7.95. The maximum absolute atomic E-state index is 13.7. The van der Waals surface area contributed by atoms with Gasteiger partial charge < -0.3 is 14.6 Å². The van der Waals surface area contributed by atoms with Crippen LogP contribution in [0.2, 0.25) is 0 Å². The molecule has 1 aliphatic rings. The number of hydrogen-bond donors (Lipinski definition) is 1. The van der Waals surface area contributed by atoms with Crippen LogP contribution in [0.3, 0.4) is 0 Å². The van der Waals surface area contributed by atoms with Crippen LogP contribution in [0.25, 0.3) is 6.08 Å². The van der Waals surface area contributed by atoms with Gasteiger partial charge >= 0.3 is 5.97 Å². The molecule has 182 valence electrons. The first-order chi connectivity index (χ1) is 17.4. The Balaban J connectivity index is 1.87. The Hall–Kier alpha value is -4.50. The molecule has 1 aliphatic heterocycles. The summed E-state index contributed by atoms with van der Waals surface area (Å²) in [5.74, 6) is -2.01. The monoisotopic (exact) mass is 502 g/mol. The number of amides is 2. The molecule has 3 aromatic carbocycles. The number of carboxylic acid groups (broad SMARTS) is 1. The Morgan fingerprint density at radius 3 is 1.92 bits per heavy atom. The number of carboxylic acids is 1. The van der Waals surface area contributed by atoms with Gasteiger partial charge in [0.15, 0.2) is 23.2 Å². The van der Waals surface area contributed by atoms with Crippen LogP contribution >= 0.6 is 12.2 Å². The number of anilines is 2. The minimum absolute atomic E-state index is 0.0185. The lowest BCUT2D eigenvalue weighted by Gasteiger charge is -2.36. The van der Waals surface area contributed by atoms with Crippen molar-refractivity contribution in [2.75, 3.05) is 23.0 Å². The zero-order chi connectivity index (χ0) is 25.7. The third-order valence-electron chi connectivity index (χ3n) is 5.23. The summed E-state index contributed by atoms with van der Waals surface area (Å²) in [5, 5.41) is 9.14. The summed E-state index contributed by atoms with van der Waals surface area (Å²) in [5.41, 5.74) is 1.13. The topological polar surface area (TPSA) is 96.4 Å². The van der Waals surface area contributed by atoms with Crippen molar-refractivity contribution >= 4 is 52.6 Å². The van der Waals surface area contributed by atoms with Crippen LogP contribution in [-0.4, -0.2) is 41.2 Å². The van der Waals surface area contributed by atoms with Gasteiger partial charge in [0.1, 0.15) is 5.57 Å². The van der Waals surface area contributed by atoms with Gasteiger partial charge in [-0.25, -0.2) is 4.79 Å². The lowest BCUT2D eigenvalue weighted by atomic mass is 10.0. The zero-order valence-corrected chi connectivity index (χ0v) is 20.1. The molecule has 1 N–H and O–H groups in total. The molecular weight excluding hydrogens is 480 g/mol. The number of aliphatic carboxylic acids is 1. The van der Waals surface area contributed by atoms with Crippen LogP contribution in [0, 0.1) is 0 Å². The van der Waals surface area contributed by atoms with Gasteiger partial charge in [-0.15, -0.1) is 0 Å². The SMILES string of the molecule is CCOc1cccc(C=C2C(=O)N(c3ccccc3)C(=S)N(c3ccccc3)C2=O)c1OCC(=O)O. The van der Waals surface area contributed by atoms with Crippen molar-refractivity contribution in [3.63, 3.8) is 0 Å². The maximum atomic E-state index is 13.7. The van der Waals surface area contributed by atoms with Crippen molar-refractivity contribution in [1.82, 2.24) is 0 Å². The summed E-state index contributed by atoms with van der Waals surface area (Å²) in [7, 11) is 0. The molecular formula is C27H22N2O6S. The van der Waals surface area contributed by atoms with Crippen LogP contribution in [0.4, 0.5) is 11.4 Å².